The fourth-order valence-electron chi connectivity index (χ4n) is 2.43. The van der Waals surface area contributed by atoms with Crippen LogP contribution >= 0.6 is 0 Å². The zero-order chi connectivity index (χ0) is 21.2. The molecule has 5 nitrogen and oxygen atoms in total. The summed E-state index contributed by atoms with van der Waals surface area (Å²) in [4.78, 5) is 11.5. The highest BCUT2D eigenvalue weighted by atomic mass is 19.1. The Labute approximate surface area is 169 Å². The van der Waals surface area contributed by atoms with Gasteiger partial charge in [0.15, 0.2) is 5.82 Å². The number of aromatic nitrogens is 3. The molecule has 8 heteroatoms. The van der Waals surface area contributed by atoms with Crippen molar-refractivity contribution < 1.29 is 18.5 Å². The molecule has 3 rings (SSSR count). The van der Waals surface area contributed by atoms with E-state index in [1.807, 2.05) is 38.1 Å². The van der Waals surface area contributed by atoms with Crippen molar-refractivity contribution in [1.82, 2.24) is 15.0 Å². The van der Waals surface area contributed by atoms with Gasteiger partial charge in [0.05, 0.1) is 16.9 Å². The Bertz CT molecular complexity index is 968. The van der Waals surface area contributed by atoms with Crippen molar-refractivity contribution in [2.24, 2.45) is 0 Å². The van der Waals surface area contributed by atoms with Gasteiger partial charge in [-0.05, 0) is 39.8 Å². The summed E-state index contributed by atoms with van der Waals surface area (Å²) in [5.74, 6) is -1.91. The standard InChI is InChI=1S/C21H22BF2N3O2/c1-20(2,28)21(3,4)29-22-15-8-5-13(6-9-15)16-10-7-14(12-25-16)19-26-17(23)11-18(24)27-19/h5-12,22,28H,1-4H3. The van der Waals surface area contributed by atoms with Gasteiger partial charge in [-0.1, -0.05) is 29.7 Å². The number of pyridine rings is 1. The van der Waals surface area contributed by atoms with Crippen molar-refractivity contribution in [3.63, 3.8) is 0 Å². The highest BCUT2D eigenvalue weighted by Gasteiger charge is 2.35. The van der Waals surface area contributed by atoms with Crippen molar-refractivity contribution >= 4 is 12.9 Å². The Hall–Kier alpha value is -2.71. The van der Waals surface area contributed by atoms with E-state index in [1.54, 1.807) is 26.0 Å². The molecule has 29 heavy (non-hydrogen) atoms. The molecule has 1 N–H and O–H groups in total. The monoisotopic (exact) mass is 397 g/mol. The van der Waals surface area contributed by atoms with Crippen LogP contribution in [0.5, 0.6) is 0 Å². The third-order valence-corrected chi connectivity index (χ3v) is 5.01. The van der Waals surface area contributed by atoms with E-state index in [2.05, 4.69) is 15.0 Å². The summed E-state index contributed by atoms with van der Waals surface area (Å²) < 4.78 is 32.4. The first kappa shape index (κ1) is 21.0. The molecule has 0 aliphatic rings. The quantitative estimate of drug-likeness (QED) is 0.512. The fraction of sp³-hybridized carbons (Fsp3) is 0.286. The second-order valence-corrected chi connectivity index (χ2v) is 7.82. The summed E-state index contributed by atoms with van der Waals surface area (Å²) in [6.07, 6.45) is 1.48. The summed E-state index contributed by atoms with van der Waals surface area (Å²) >= 11 is 0. The molecule has 2 aromatic heterocycles. The van der Waals surface area contributed by atoms with E-state index < -0.39 is 23.1 Å². The predicted octanol–water partition coefficient (Wildman–Crippen LogP) is 3.03. The lowest BCUT2D eigenvalue weighted by molar-refractivity contribution is -0.0893. The lowest BCUT2D eigenvalue weighted by Gasteiger charge is -2.37. The Kier molecular flexibility index (Phi) is 5.77. The SMILES string of the molecule is CC(C)(O)C(C)(C)OBc1ccc(-c2ccc(-c3nc(F)cc(F)n3)cn2)cc1. The predicted molar refractivity (Wildman–Crippen MR) is 109 cm³/mol. The number of halogens is 2. The maximum absolute atomic E-state index is 13.3. The van der Waals surface area contributed by atoms with Gasteiger partial charge in [0.25, 0.3) is 0 Å². The van der Waals surface area contributed by atoms with Gasteiger partial charge in [-0.25, -0.2) is 0 Å². The van der Waals surface area contributed by atoms with Crippen LogP contribution in [0, 0.1) is 11.9 Å². The number of nitrogens with zero attached hydrogens (tertiary/aromatic N) is 3. The van der Waals surface area contributed by atoms with E-state index in [9.17, 15) is 13.9 Å². The molecule has 0 atom stereocenters. The van der Waals surface area contributed by atoms with Crippen molar-refractivity contribution in [2.45, 2.75) is 38.9 Å². The van der Waals surface area contributed by atoms with E-state index in [-0.39, 0.29) is 5.82 Å². The first-order chi connectivity index (χ1) is 13.5. The highest BCUT2D eigenvalue weighted by molar-refractivity contribution is 6.47. The summed E-state index contributed by atoms with van der Waals surface area (Å²) in [7, 11) is 0.367. The van der Waals surface area contributed by atoms with Crippen LogP contribution in [0.4, 0.5) is 8.78 Å². The van der Waals surface area contributed by atoms with E-state index in [0.29, 0.717) is 24.8 Å². The molecule has 0 saturated heterocycles. The Balaban J connectivity index is 1.72. The maximum atomic E-state index is 13.3. The molecule has 0 aliphatic carbocycles. The molecule has 0 unspecified atom stereocenters. The molecule has 0 bridgehead atoms. The fourth-order valence-corrected chi connectivity index (χ4v) is 2.43. The lowest BCUT2D eigenvalue weighted by atomic mass is 9.82. The second-order valence-electron chi connectivity index (χ2n) is 7.82. The van der Waals surface area contributed by atoms with Crippen LogP contribution in [0.3, 0.4) is 0 Å². The van der Waals surface area contributed by atoms with Gasteiger partial charge in [-0.2, -0.15) is 18.7 Å². The van der Waals surface area contributed by atoms with Crippen molar-refractivity contribution in [1.29, 1.82) is 0 Å². The van der Waals surface area contributed by atoms with Gasteiger partial charge >= 0.3 is 7.48 Å². The molecule has 3 aromatic rings. The van der Waals surface area contributed by atoms with E-state index in [0.717, 1.165) is 11.0 Å². The molecule has 0 radical (unpaired) electrons. The number of rotatable bonds is 6. The van der Waals surface area contributed by atoms with Crippen molar-refractivity contribution in [2.75, 3.05) is 0 Å². The van der Waals surface area contributed by atoms with E-state index >= 15 is 0 Å². The zero-order valence-electron chi connectivity index (χ0n) is 16.8. The number of hydrogen-bond donors (Lipinski definition) is 1. The smallest absolute Gasteiger partial charge is 0.309 e. The summed E-state index contributed by atoms with van der Waals surface area (Å²) in [6, 6.07) is 11.7. The molecule has 2 heterocycles. The molecule has 0 aliphatic heterocycles. The molecular weight excluding hydrogens is 375 g/mol. The van der Waals surface area contributed by atoms with Crippen LogP contribution in [0.15, 0.2) is 48.7 Å². The van der Waals surface area contributed by atoms with Crippen LogP contribution < -0.4 is 5.46 Å². The highest BCUT2D eigenvalue weighted by Crippen LogP contribution is 2.24. The average molecular weight is 397 g/mol. The lowest BCUT2D eigenvalue weighted by Crippen LogP contribution is -2.49. The summed E-state index contributed by atoms with van der Waals surface area (Å²) in [5, 5.41) is 10.2. The third kappa shape index (κ3) is 5.02. The largest absolute Gasteiger partial charge is 0.427 e. The Morgan fingerprint density at radius 3 is 2.00 bits per heavy atom. The first-order valence-corrected chi connectivity index (χ1v) is 9.17. The molecular formula is C21H22BF2N3O2. The minimum Gasteiger partial charge on any atom is -0.427 e. The van der Waals surface area contributed by atoms with Gasteiger partial charge in [0.2, 0.25) is 11.9 Å². The molecule has 150 valence electrons. The van der Waals surface area contributed by atoms with Gasteiger partial charge in [0.1, 0.15) is 0 Å². The van der Waals surface area contributed by atoms with Crippen LogP contribution in [-0.2, 0) is 4.65 Å². The Morgan fingerprint density at radius 1 is 0.897 bits per heavy atom. The van der Waals surface area contributed by atoms with Crippen LogP contribution in [0.1, 0.15) is 27.7 Å². The van der Waals surface area contributed by atoms with Crippen LogP contribution in [-0.4, -0.2) is 38.7 Å². The average Bonchev–Trinajstić information content (AvgIpc) is 2.65. The normalized spacial score (nSPS) is 12.1. The van der Waals surface area contributed by atoms with Gasteiger partial charge < -0.3 is 9.76 Å². The summed E-state index contributed by atoms with van der Waals surface area (Å²) in [6.45, 7) is 7.13. The molecule has 0 amide bonds. The number of aliphatic hydroxyl groups is 1. The molecule has 1 aromatic carbocycles. The first-order valence-electron chi connectivity index (χ1n) is 9.17. The molecule has 0 saturated carbocycles. The second kappa shape index (κ2) is 7.97. The topological polar surface area (TPSA) is 68.1 Å². The Morgan fingerprint density at radius 2 is 1.48 bits per heavy atom. The zero-order valence-corrected chi connectivity index (χ0v) is 16.8. The number of hydrogen-bond acceptors (Lipinski definition) is 5. The third-order valence-electron chi connectivity index (χ3n) is 5.01. The van der Waals surface area contributed by atoms with E-state index in [1.165, 1.54) is 6.20 Å². The molecule has 0 fully saturated rings. The van der Waals surface area contributed by atoms with Crippen LogP contribution in [0.25, 0.3) is 22.6 Å². The van der Waals surface area contributed by atoms with Crippen molar-refractivity contribution in [3.8, 4) is 22.6 Å². The van der Waals surface area contributed by atoms with Gasteiger partial charge in [-0.3, -0.25) is 4.98 Å². The maximum Gasteiger partial charge on any atom is 0.309 e. The van der Waals surface area contributed by atoms with Gasteiger partial charge in [-0.15, -0.1) is 0 Å². The van der Waals surface area contributed by atoms with Gasteiger partial charge in [0, 0.05) is 23.4 Å². The molecule has 0 spiro atoms. The minimum atomic E-state index is -0.965. The summed E-state index contributed by atoms with van der Waals surface area (Å²) in [5.41, 5.74) is 1.31. The number of benzene rings is 1. The minimum absolute atomic E-state index is 0.0523. The van der Waals surface area contributed by atoms with Crippen LogP contribution in [0.2, 0.25) is 0 Å². The van der Waals surface area contributed by atoms with Crippen molar-refractivity contribution in [3.05, 3.63) is 60.6 Å². The van der Waals surface area contributed by atoms with E-state index in [4.69, 9.17) is 4.65 Å².